The van der Waals surface area contributed by atoms with Gasteiger partial charge in [0.2, 0.25) is 0 Å². The predicted octanol–water partition coefficient (Wildman–Crippen LogP) is 3.45. The van der Waals surface area contributed by atoms with Gasteiger partial charge in [0.1, 0.15) is 5.75 Å². The summed E-state index contributed by atoms with van der Waals surface area (Å²) in [7, 11) is 0. The smallest absolute Gasteiger partial charge is 0.387 e. The van der Waals surface area contributed by atoms with Gasteiger partial charge in [0, 0.05) is 30.8 Å². The Balaban J connectivity index is 2.02. The topological polar surface area (TPSA) is 88.8 Å². The van der Waals surface area contributed by atoms with Gasteiger partial charge in [0.05, 0.1) is 11.5 Å². The molecule has 7 nitrogen and oxygen atoms in total. The molecule has 0 radical (unpaired) electrons. The molecule has 0 saturated carbocycles. The third-order valence-electron chi connectivity index (χ3n) is 3.55. The Morgan fingerprint density at radius 1 is 1.19 bits per heavy atom. The first-order chi connectivity index (χ1) is 13.0. The van der Waals surface area contributed by atoms with Crippen LogP contribution in [0.15, 0.2) is 53.5 Å². The molecule has 2 rings (SSSR count). The maximum atomic E-state index is 12.5. The molecular formula is C18H20F2N4O3. The van der Waals surface area contributed by atoms with E-state index in [1.807, 2.05) is 6.92 Å². The van der Waals surface area contributed by atoms with E-state index in [1.54, 1.807) is 30.3 Å². The second-order valence-electron chi connectivity index (χ2n) is 5.46. The van der Waals surface area contributed by atoms with Crippen molar-refractivity contribution in [3.05, 3.63) is 69.8 Å². The highest BCUT2D eigenvalue weighted by atomic mass is 19.3. The lowest BCUT2D eigenvalue weighted by atomic mass is 10.2. The molecule has 0 saturated heterocycles. The maximum Gasteiger partial charge on any atom is 0.387 e. The van der Waals surface area contributed by atoms with E-state index in [0.717, 1.165) is 5.56 Å². The first-order valence-electron chi connectivity index (χ1n) is 8.27. The van der Waals surface area contributed by atoms with Crippen LogP contribution >= 0.6 is 0 Å². The maximum absolute atomic E-state index is 12.5. The van der Waals surface area contributed by atoms with Crippen LogP contribution in [0.2, 0.25) is 0 Å². The highest BCUT2D eigenvalue weighted by Crippen LogP contribution is 2.20. The predicted molar refractivity (Wildman–Crippen MR) is 97.8 cm³/mol. The number of nitro groups is 1. The molecule has 9 heteroatoms. The fourth-order valence-corrected chi connectivity index (χ4v) is 2.27. The second kappa shape index (κ2) is 10.0. The molecule has 0 bridgehead atoms. The molecule has 2 N–H and O–H groups in total. The summed E-state index contributed by atoms with van der Waals surface area (Å²) in [6.07, 6.45) is 0. The Morgan fingerprint density at radius 3 is 2.52 bits per heavy atom. The Morgan fingerprint density at radius 2 is 1.89 bits per heavy atom. The molecule has 2 aromatic rings. The Bertz CT molecular complexity index is 782. The summed E-state index contributed by atoms with van der Waals surface area (Å²) in [5, 5.41) is 16.8. The number of benzene rings is 2. The van der Waals surface area contributed by atoms with Crippen molar-refractivity contribution in [3.63, 3.8) is 0 Å². The van der Waals surface area contributed by atoms with Crippen LogP contribution in [-0.4, -0.2) is 24.0 Å². The first-order valence-corrected chi connectivity index (χ1v) is 8.27. The van der Waals surface area contributed by atoms with Gasteiger partial charge < -0.3 is 15.4 Å². The second-order valence-corrected chi connectivity index (χ2v) is 5.46. The van der Waals surface area contributed by atoms with Gasteiger partial charge in [-0.05, 0) is 18.6 Å². The van der Waals surface area contributed by atoms with Crippen molar-refractivity contribution in [2.45, 2.75) is 26.6 Å². The van der Waals surface area contributed by atoms with Crippen LogP contribution in [0.4, 0.5) is 14.5 Å². The number of halogens is 2. The van der Waals surface area contributed by atoms with Gasteiger partial charge in [0.15, 0.2) is 5.96 Å². The van der Waals surface area contributed by atoms with E-state index in [1.165, 1.54) is 18.2 Å². The summed E-state index contributed by atoms with van der Waals surface area (Å²) in [5.41, 5.74) is 1.39. The summed E-state index contributed by atoms with van der Waals surface area (Å²) >= 11 is 0. The van der Waals surface area contributed by atoms with Gasteiger partial charge >= 0.3 is 6.61 Å². The summed E-state index contributed by atoms with van der Waals surface area (Å²) in [6.45, 7) is 0.172. The van der Waals surface area contributed by atoms with Crippen molar-refractivity contribution in [2.24, 2.45) is 4.99 Å². The minimum atomic E-state index is -2.89. The lowest BCUT2D eigenvalue weighted by molar-refractivity contribution is -0.384. The number of guanidine groups is 1. The van der Waals surface area contributed by atoms with Crippen molar-refractivity contribution >= 4 is 11.6 Å². The van der Waals surface area contributed by atoms with Crippen LogP contribution < -0.4 is 15.4 Å². The Hall–Kier alpha value is -3.23. The SMILES string of the molecule is CCNC(=NCc1ccc([N+](=O)[O-])cc1)NCc1ccccc1OC(F)F. The molecule has 0 aliphatic carbocycles. The number of para-hydroxylation sites is 1. The number of aliphatic imine (C=N–C) groups is 1. The molecule has 144 valence electrons. The lowest BCUT2D eigenvalue weighted by Crippen LogP contribution is -2.36. The van der Waals surface area contributed by atoms with Gasteiger partial charge in [0.25, 0.3) is 5.69 Å². The summed E-state index contributed by atoms with van der Waals surface area (Å²) in [4.78, 5) is 14.6. The van der Waals surface area contributed by atoms with Crippen molar-refractivity contribution in [1.82, 2.24) is 10.6 Å². The van der Waals surface area contributed by atoms with E-state index >= 15 is 0 Å². The van der Waals surface area contributed by atoms with Crippen LogP contribution in [0.1, 0.15) is 18.1 Å². The summed E-state index contributed by atoms with van der Waals surface area (Å²) < 4.78 is 29.5. The van der Waals surface area contributed by atoms with Gasteiger partial charge in [-0.15, -0.1) is 0 Å². The van der Waals surface area contributed by atoms with Crippen molar-refractivity contribution in [2.75, 3.05) is 6.54 Å². The molecule has 0 aromatic heterocycles. The number of hydrogen-bond acceptors (Lipinski definition) is 4. The van der Waals surface area contributed by atoms with Crippen LogP contribution in [-0.2, 0) is 13.1 Å². The number of nitrogens with one attached hydrogen (secondary N) is 2. The number of nitrogens with zero attached hydrogens (tertiary/aromatic N) is 2. The van der Waals surface area contributed by atoms with E-state index in [0.29, 0.717) is 24.6 Å². The summed E-state index contributed by atoms with van der Waals surface area (Å²) in [6, 6.07) is 12.6. The largest absolute Gasteiger partial charge is 0.434 e. The Kier molecular flexibility index (Phi) is 7.48. The van der Waals surface area contributed by atoms with Crippen molar-refractivity contribution in [3.8, 4) is 5.75 Å². The minimum Gasteiger partial charge on any atom is -0.434 e. The molecule has 0 unspecified atom stereocenters. The van der Waals surface area contributed by atoms with Crippen LogP contribution in [0.3, 0.4) is 0 Å². The fourth-order valence-electron chi connectivity index (χ4n) is 2.27. The zero-order valence-electron chi connectivity index (χ0n) is 14.7. The zero-order valence-corrected chi connectivity index (χ0v) is 14.7. The van der Waals surface area contributed by atoms with Gasteiger partial charge in [-0.2, -0.15) is 8.78 Å². The molecule has 0 aliphatic heterocycles. The van der Waals surface area contributed by atoms with Crippen LogP contribution in [0, 0.1) is 10.1 Å². The molecule has 0 fully saturated rings. The number of rotatable bonds is 8. The third kappa shape index (κ3) is 6.53. The monoisotopic (exact) mass is 378 g/mol. The molecule has 0 atom stereocenters. The van der Waals surface area contributed by atoms with Gasteiger partial charge in [-0.25, -0.2) is 4.99 Å². The van der Waals surface area contributed by atoms with Crippen LogP contribution in [0.25, 0.3) is 0 Å². The molecule has 0 spiro atoms. The molecular weight excluding hydrogens is 358 g/mol. The van der Waals surface area contributed by atoms with E-state index in [9.17, 15) is 18.9 Å². The highest BCUT2D eigenvalue weighted by Gasteiger charge is 2.09. The first kappa shape index (κ1) is 20.1. The van der Waals surface area contributed by atoms with E-state index in [4.69, 9.17) is 0 Å². The molecule has 0 amide bonds. The Labute approximate surface area is 155 Å². The lowest BCUT2D eigenvalue weighted by Gasteiger charge is -2.14. The van der Waals surface area contributed by atoms with E-state index in [2.05, 4.69) is 20.4 Å². The standard InChI is InChI=1S/C18H20F2N4O3/c1-2-21-18(22-11-13-7-9-15(10-8-13)24(25)26)23-12-14-5-3-4-6-16(14)27-17(19)20/h3-10,17H,2,11-12H2,1H3,(H2,21,22,23). The van der Waals surface area contributed by atoms with Gasteiger partial charge in [-0.1, -0.05) is 30.3 Å². The van der Waals surface area contributed by atoms with Crippen molar-refractivity contribution in [1.29, 1.82) is 0 Å². The number of non-ortho nitro benzene ring substituents is 1. The highest BCUT2D eigenvalue weighted by molar-refractivity contribution is 5.79. The normalized spacial score (nSPS) is 11.3. The zero-order chi connectivity index (χ0) is 19.6. The third-order valence-corrected chi connectivity index (χ3v) is 3.55. The quantitative estimate of drug-likeness (QED) is 0.318. The molecule has 0 aliphatic rings. The number of ether oxygens (including phenoxy) is 1. The molecule has 0 heterocycles. The minimum absolute atomic E-state index is 0.0170. The van der Waals surface area contributed by atoms with Crippen LogP contribution in [0.5, 0.6) is 5.75 Å². The van der Waals surface area contributed by atoms with Gasteiger partial charge in [-0.3, -0.25) is 10.1 Å². The average molecular weight is 378 g/mol. The number of nitro benzene ring substituents is 1. The molecule has 27 heavy (non-hydrogen) atoms. The number of alkyl halides is 2. The average Bonchev–Trinajstić information content (AvgIpc) is 2.65. The number of hydrogen-bond donors (Lipinski definition) is 2. The summed E-state index contributed by atoms with van der Waals surface area (Å²) in [5.74, 6) is 0.592. The molecule has 2 aromatic carbocycles. The van der Waals surface area contributed by atoms with E-state index in [-0.39, 0.29) is 18.0 Å². The fraction of sp³-hybridized carbons (Fsp3) is 0.278. The van der Waals surface area contributed by atoms with E-state index < -0.39 is 11.5 Å². The van der Waals surface area contributed by atoms with Crippen molar-refractivity contribution < 1.29 is 18.4 Å².